The number of primary sulfonamides is 1. The monoisotopic (exact) mass is 412 g/mol. The molecule has 1 aromatic carbocycles. The molecule has 10 heteroatoms. The maximum atomic E-state index is 12.3. The Balaban J connectivity index is 2.13. The number of anilines is 1. The van der Waals surface area contributed by atoms with Gasteiger partial charge < -0.3 is 14.5 Å². The second-order valence-electron chi connectivity index (χ2n) is 6.54. The number of nitrogens with two attached hydrogens (primary N) is 1. The van der Waals surface area contributed by atoms with E-state index in [1.165, 1.54) is 19.2 Å². The van der Waals surface area contributed by atoms with Crippen LogP contribution in [0, 0.1) is 0 Å². The van der Waals surface area contributed by atoms with E-state index in [9.17, 15) is 18.0 Å². The second-order valence-corrected chi connectivity index (χ2v) is 8.11. The van der Waals surface area contributed by atoms with Crippen molar-refractivity contribution in [2.24, 2.45) is 5.14 Å². The number of amides is 1. The fourth-order valence-electron chi connectivity index (χ4n) is 3.26. The third-order valence-electron chi connectivity index (χ3n) is 4.89. The molecule has 2 N–H and O–H groups in total. The molecule has 1 amide bonds. The predicted molar refractivity (Wildman–Crippen MR) is 106 cm³/mol. The van der Waals surface area contributed by atoms with E-state index in [0.717, 1.165) is 0 Å². The molecule has 0 unspecified atom stereocenters. The van der Waals surface area contributed by atoms with Crippen molar-refractivity contribution in [2.45, 2.75) is 18.7 Å². The van der Waals surface area contributed by atoms with Crippen molar-refractivity contribution in [1.82, 2.24) is 9.80 Å². The van der Waals surface area contributed by atoms with Crippen LogP contribution in [-0.4, -0.2) is 83.0 Å². The summed E-state index contributed by atoms with van der Waals surface area (Å²) in [5.41, 5.74) is 0.746. The number of benzene rings is 1. The molecule has 28 heavy (non-hydrogen) atoms. The van der Waals surface area contributed by atoms with Crippen molar-refractivity contribution in [3.8, 4) is 0 Å². The Morgan fingerprint density at radius 1 is 1.14 bits per heavy atom. The standard InChI is InChI=1S/C18H28N4O5S/c1-4-21(5-2)17(23)13-20-8-10-22(11-9-20)16-7-6-14(28(19,25)26)12-15(16)18(24)27-3/h6-7,12H,4-5,8-11,13H2,1-3H3,(H2,19,25,26). The Kier molecular flexibility index (Phi) is 7.39. The molecule has 0 saturated carbocycles. The number of carbonyl (C=O) groups is 2. The van der Waals surface area contributed by atoms with E-state index in [1.807, 2.05) is 18.7 Å². The molecule has 0 aliphatic carbocycles. The minimum Gasteiger partial charge on any atom is -0.465 e. The number of ether oxygens (including phenoxy) is 1. The quantitative estimate of drug-likeness (QED) is 0.633. The van der Waals surface area contributed by atoms with Crippen LogP contribution >= 0.6 is 0 Å². The first-order valence-electron chi connectivity index (χ1n) is 9.21. The van der Waals surface area contributed by atoms with E-state index in [-0.39, 0.29) is 16.4 Å². The SMILES string of the molecule is CCN(CC)C(=O)CN1CCN(c2ccc(S(N)(=O)=O)cc2C(=O)OC)CC1. The van der Waals surface area contributed by atoms with Gasteiger partial charge in [0.25, 0.3) is 0 Å². The van der Waals surface area contributed by atoms with Crippen LogP contribution in [-0.2, 0) is 19.6 Å². The highest BCUT2D eigenvalue weighted by atomic mass is 32.2. The van der Waals surface area contributed by atoms with E-state index < -0.39 is 16.0 Å². The van der Waals surface area contributed by atoms with E-state index in [0.29, 0.717) is 51.5 Å². The van der Waals surface area contributed by atoms with E-state index in [2.05, 4.69) is 4.90 Å². The third kappa shape index (κ3) is 5.21. The largest absolute Gasteiger partial charge is 0.465 e. The number of rotatable bonds is 7. The summed E-state index contributed by atoms with van der Waals surface area (Å²) < 4.78 is 28.0. The third-order valence-corrected chi connectivity index (χ3v) is 5.80. The molecule has 0 aromatic heterocycles. The molecular formula is C18H28N4O5S. The molecule has 0 atom stereocenters. The maximum absolute atomic E-state index is 12.3. The Morgan fingerprint density at radius 3 is 2.25 bits per heavy atom. The van der Waals surface area contributed by atoms with Gasteiger partial charge in [-0.1, -0.05) is 0 Å². The maximum Gasteiger partial charge on any atom is 0.340 e. The number of methoxy groups -OCH3 is 1. The molecule has 0 bridgehead atoms. The zero-order valence-electron chi connectivity index (χ0n) is 16.6. The molecule has 156 valence electrons. The first-order chi connectivity index (χ1) is 13.2. The van der Waals surface area contributed by atoms with Gasteiger partial charge in [0.1, 0.15) is 0 Å². The van der Waals surface area contributed by atoms with Gasteiger partial charge in [0.05, 0.1) is 29.8 Å². The predicted octanol–water partition coefficient (Wildman–Crippen LogP) is 0.111. The van der Waals surface area contributed by atoms with Crippen LogP contribution in [0.15, 0.2) is 23.1 Å². The highest BCUT2D eigenvalue weighted by molar-refractivity contribution is 7.89. The summed E-state index contributed by atoms with van der Waals surface area (Å²) in [6.07, 6.45) is 0. The van der Waals surface area contributed by atoms with Crippen molar-refractivity contribution in [1.29, 1.82) is 0 Å². The number of piperazine rings is 1. The lowest BCUT2D eigenvalue weighted by atomic mass is 10.1. The molecule has 1 aliphatic heterocycles. The van der Waals surface area contributed by atoms with Gasteiger partial charge in [0, 0.05) is 39.3 Å². The molecule has 2 rings (SSSR count). The summed E-state index contributed by atoms with van der Waals surface area (Å²) in [5.74, 6) is -0.522. The van der Waals surface area contributed by atoms with Crippen LogP contribution in [0.5, 0.6) is 0 Å². The molecule has 1 saturated heterocycles. The fraction of sp³-hybridized carbons (Fsp3) is 0.556. The van der Waals surface area contributed by atoms with Crippen LogP contribution in [0.4, 0.5) is 5.69 Å². The van der Waals surface area contributed by atoms with Gasteiger partial charge in [0.15, 0.2) is 0 Å². The zero-order chi connectivity index (χ0) is 20.9. The van der Waals surface area contributed by atoms with Crippen LogP contribution in [0.1, 0.15) is 24.2 Å². The molecule has 0 spiro atoms. The molecule has 1 aromatic rings. The van der Waals surface area contributed by atoms with Gasteiger partial charge in [-0.2, -0.15) is 0 Å². The summed E-state index contributed by atoms with van der Waals surface area (Å²) in [7, 11) is -2.68. The molecule has 1 fully saturated rings. The summed E-state index contributed by atoms with van der Waals surface area (Å²) in [4.78, 5) is 30.2. The van der Waals surface area contributed by atoms with Gasteiger partial charge in [-0.05, 0) is 32.0 Å². The van der Waals surface area contributed by atoms with Gasteiger partial charge in [-0.25, -0.2) is 18.4 Å². The lowest BCUT2D eigenvalue weighted by Gasteiger charge is -2.37. The molecule has 1 aliphatic rings. The molecule has 0 radical (unpaired) electrons. The number of likely N-dealkylation sites (N-methyl/N-ethyl adjacent to an activating group) is 1. The van der Waals surface area contributed by atoms with Crippen molar-refractivity contribution in [2.75, 3.05) is 57.8 Å². The first kappa shape index (κ1) is 22.1. The summed E-state index contributed by atoms with van der Waals surface area (Å²) in [6, 6.07) is 4.20. The normalized spacial score (nSPS) is 15.4. The van der Waals surface area contributed by atoms with E-state index >= 15 is 0 Å². The first-order valence-corrected chi connectivity index (χ1v) is 10.8. The van der Waals surface area contributed by atoms with Crippen LogP contribution in [0.25, 0.3) is 0 Å². The smallest absolute Gasteiger partial charge is 0.340 e. The Bertz CT molecular complexity index is 815. The van der Waals surface area contributed by atoms with Crippen LogP contribution < -0.4 is 10.0 Å². The summed E-state index contributed by atoms with van der Waals surface area (Å²) >= 11 is 0. The lowest BCUT2D eigenvalue weighted by Crippen LogP contribution is -2.50. The Labute approximate surface area is 166 Å². The number of carbonyl (C=O) groups excluding carboxylic acids is 2. The number of hydrogen-bond donors (Lipinski definition) is 1. The molecule has 1 heterocycles. The lowest BCUT2D eigenvalue weighted by molar-refractivity contribution is -0.132. The van der Waals surface area contributed by atoms with Crippen LogP contribution in [0.2, 0.25) is 0 Å². The minimum atomic E-state index is -3.93. The number of hydrogen-bond acceptors (Lipinski definition) is 7. The van der Waals surface area contributed by atoms with Crippen molar-refractivity contribution in [3.05, 3.63) is 23.8 Å². The zero-order valence-corrected chi connectivity index (χ0v) is 17.4. The Hall–Kier alpha value is -2.17. The average Bonchev–Trinajstić information content (AvgIpc) is 2.67. The van der Waals surface area contributed by atoms with Crippen molar-refractivity contribution in [3.63, 3.8) is 0 Å². The topological polar surface area (TPSA) is 113 Å². The van der Waals surface area contributed by atoms with Gasteiger partial charge in [0.2, 0.25) is 15.9 Å². The minimum absolute atomic E-state index is 0.103. The van der Waals surface area contributed by atoms with Crippen molar-refractivity contribution >= 4 is 27.6 Å². The number of nitrogens with zero attached hydrogens (tertiary/aromatic N) is 3. The Morgan fingerprint density at radius 2 is 1.75 bits per heavy atom. The number of esters is 1. The van der Waals surface area contributed by atoms with Gasteiger partial charge in [-0.3, -0.25) is 9.69 Å². The molecule has 9 nitrogen and oxygen atoms in total. The second kappa shape index (κ2) is 9.35. The highest BCUT2D eigenvalue weighted by Crippen LogP contribution is 2.25. The fourth-order valence-corrected chi connectivity index (χ4v) is 3.80. The van der Waals surface area contributed by atoms with E-state index in [1.54, 1.807) is 11.0 Å². The van der Waals surface area contributed by atoms with Gasteiger partial charge in [-0.15, -0.1) is 0 Å². The van der Waals surface area contributed by atoms with Gasteiger partial charge >= 0.3 is 5.97 Å². The van der Waals surface area contributed by atoms with Crippen molar-refractivity contribution < 1.29 is 22.7 Å². The van der Waals surface area contributed by atoms with Crippen LogP contribution in [0.3, 0.4) is 0 Å². The molecular weight excluding hydrogens is 384 g/mol. The number of sulfonamides is 1. The average molecular weight is 413 g/mol. The van der Waals surface area contributed by atoms with E-state index in [4.69, 9.17) is 9.88 Å². The summed E-state index contributed by atoms with van der Waals surface area (Å²) in [6.45, 7) is 8.17. The highest BCUT2D eigenvalue weighted by Gasteiger charge is 2.25. The summed E-state index contributed by atoms with van der Waals surface area (Å²) in [5, 5.41) is 5.17.